The largest absolute Gasteiger partial charge is 0.497 e. The van der Waals surface area contributed by atoms with E-state index in [1.165, 1.54) is 11.1 Å². The van der Waals surface area contributed by atoms with Crippen molar-refractivity contribution >= 4 is 0 Å². The van der Waals surface area contributed by atoms with E-state index >= 15 is 0 Å². The Hall–Kier alpha value is -1.06. The molecule has 0 amide bonds. The Labute approximate surface area is 117 Å². The van der Waals surface area contributed by atoms with Crippen molar-refractivity contribution in [1.29, 1.82) is 0 Å². The van der Waals surface area contributed by atoms with Crippen LogP contribution in [-0.4, -0.2) is 26.9 Å². The maximum absolute atomic E-state index is 5.93. The minimum atomic E-state index is 0.169. The Kier molecular flexibility index (Phi) is 6.32. The fourth-order valence-corrected chi connectivity index (χ4v) is 2.49. The molecule has 1 rings (SSSR count). The predicted molar refractivity (Wildman–Crippen MR) is 79.8 cm³/mol. The van der Waals surface area contributed by atoms with Crippen LogP contribution in [0, 0.1) is 12.8 Å². The van der Waals surface area contributed by atoms with Gasteiger partial charge in [0.25, 0.3) is 0 Å². The second kappa shape index (κ2) is 7.51. The first-order valence-electron chi connectivity index (χ1n) is 6.98. The molecular formula is C16H27NO2. The van der Waals surface area contributed by atoms with Crippen LogP contribution in [0.4, 0.5) is 0 Å². The van der Waals surface area contributed by atoms with Gasteiger partial charge in [-0.3, -0.25) is 0 Å². The summed E-state index contributed by atoms with van der Waals surface area (Å²) in [6.45, 7) is 9.29. The third-order valence-corrected chi connectivity index (χ3v) is 3.47. The quantitative estimate of drug-likeness (QED) is 0.820. The summed E-state index contributed by atoms with van der Waals surface area (Å²) in [6, 6.07) is 6.41. The van der Waals surface area contributed by atoms with Crippen molar-refractivity contribution in [3.63, 3.8) is 0 Å². The minimum absolute atomic E-state index is 0.169. The molecule has 0 saturated carbocycles. The number of benzene rings is 1. The first-order valence-corrected chi connectivity index (χ1v) is 6.98. The Morgan fingerprint density at radius 2 is 1.95 bits per heavy atom. The molecule has 0 aromatic heterocycles. The van der Waals surface area contributed by atoms with E-state index in [2.05, 4.69) is 38.2 Å². The highest BCUT2D eigenvalue weighted by Gasteiger charge is 2.26. The van der Waals surface area contributed by atoms with Gasteiger partial charge in [0, 0.05) is 6.61 Å². The van der Waals surface area contributed by atoms with Gasteiger partial charge in [0.1, 0.15) is 5.75 Å². The van der Waals surface area contributed by atoms with E-state index < -0.39 is 0 Å². The number of methoxy groups -OCH3 is 1. The molecule has 0 fully saturated rings. The summed E-state index contributed by atoms with van der Waals surface area (Å²) in [5.74, 6) is 1.35. The Morgan fingerprint density at radius 3 is 2.37 bits per heavy atom. The fraction of sp³-hybridized carbons (Fsp3) is 0.625. The van der Waals surface area contributed by atoms with Gasteiger partial charge in [-0.2, -0.15) is 0 Å². The highest BCUT2D eigenvalue weighted by Crippen LogP contribution is 2.29. The zero-order valence-electron chi connectivity index (χ0n) is 13.0. The number of likely N-dealkylation sites (N-methyl/N-ethyl adjacent to an activating group) is 1. The summed E-state index contributed by atoms with van der Waals surface area (Å²) in [4.78, 5) is 0. The lowest BCUT2D eigenvalue weighted by molar-refractivity contribution is 0.00445. The molecule has 0 spiro atoms. The van der Waals surface area contributed by atoms with Gasteiger partial charge in [0.2, 0.25) is 0 Å². The topological polar surface area (TPSA) is 30.5 Å². The lowest BCUT2D eigenvalue weighted by Crippen LogP contribution is -2.36. The molecule has 0 radical (unpaired) electrons. The monoisotopic (exact) mass is 265 g/mol. The third-order valence-electron chi connectivity index (χ3n) is 3.47. The molecule has 0 aliphatic rings. The van der Waals surface area contributed by atoms with E-state index in [0.29, 0.717) is 5.92 Å². The number of nitrogens with one attached hydrogen (secondary N) is 1. The molecule has 19 heavy (non-hydrogen) atoms. The first kappa shape index (κ1) is 16.0. The van der Waals surface area contributed by atoms with Crippen molar-refractivity contribution in [2.45, 2.75) is 39.8 Å². The molecular weight excluding hydrogens is 238 g/mol. The van der Waals surface area contributed by atoms with Crippen molar-refractivity contribution in [1.82, 2.24) is 5.32 Å². The molecule has 1 N–H and O–H groups in total. The molecule has 108 valence electrons. The summed E-state index contributed by atoms with van der Waals surface area (Å²) < 4.78 is 11.2. The Morgan fingerprint density at radius 1 is 1.26 bits per heavy atom. The highest BCUT2D eigenvalue weighted by atomic mass is 16.5. The van der Waals surface area contributed by atoms with Crippen LogP contribution in [0.3, 0.4) is 0 Å². The molecule has 2 atom stereocenters. The van der Waals surface area contributed by atoms with Crippen LogP contribution in [0.1, 0.15) is 37.9 Å². The van der Waals surface area contributed by atoms with Gasteiger partial charge in [-0.15, -0.1) is 0 Å². The SMILES string of the molecule is CCOC(C(C)C)C(NC)c1ccc(OC)cc1C. The first-order chi connectivity index (χ1) is 9.04. The standard InChI is InChI=1S/C16H27NO2/c1-7-19-16(11(2)3)15(17-5)14-9-8-13(18-6)10-12(14)4/h8-11,15-17H,7H2,1-6H3. The molecule has 0 aliphatic carbocycles. The zero-order chi connectivity index (χ0) is 14.4. The van der Waals surface area contributed by atoms with Crippen LogP contribution in [0.2, 0.25) is 0 Å². The third kappa shape index (κ3) is 3.95. The van der Waals surface area contributed by atoms with Gasteiger partial charge in [-0.05, 0) is 50.1 Å². The molecule has 1 aromatic carbocycles. The van der Waals surface area contributed by atoms with E-state index in [1.807, 2.05) is 20.0 Å². The molecule has 3 heteroatoms. The van der Waals surface area contributed by atoms with E-state index in [0.717, 1.165) is 12.4 Å². The number of aryl methyl sites for hydroxylation is 1. The lowest BCUT2D eigenvalue weighted by atomic mass is 9.91. The van der Waals surface area contributed by atoms with Crippen LogP contribution in [0.15, 0.2) is 18.2 Å². The number of hydrogen-bond acceptors (Lipinski definition) is 3. The van der Waals surface area contributed by atoms with Crippen molar-refractivity contribution in [3.8, 4) is 5.75 Å². The van der Waals surface area contributed by atoms with Crippen LogP contribution in [0.25, 0.3) is 0 Å². The molecule has 1 aromatic rings. The zero-order valence-corrected chi connectivity index (χ0v) is 13.0. The predicted octanol–water partition coefficient (Wildman–Crippen LogP) is 3.33. The summed E-state index contributed by atoms with van der Waals surface area (Å²) in [5, 5.41) is 3.40. The second-order valence-electron chi connectivity index (χ2n) is 5.15. The summed E-state index contributed by atoms with van der Waals surface area (Å²) >= 11 is 0. The Bertz CT molecular complexity index is 390. The van der Waals surface area contributed by atoms with Gasteiger partial charge in [0.15, 0.2) is 0 Å². The average molecular weight is 265 g/mol. The van der Waals surface area contributed by atoms with Gasteiger partial charge in [-0.1, -0.05) is 19.9 Å². The van der Waals surface area contributed by atoms with E-state index in [1.54, 1.807) is 7.11 Å². The number of hydrogen-bond donors (Lipinski definition) is 1. The van der Waals surface area contributed by atoms with Crippen molar-refractivity contribution < 1.29 is 9.47 Å². The van der Waals surface area contributed by atoms with E-state index in [-0.39, 0.29) is 12.1 Å². The minimum Gasteiger partial charge on any atom is -0.497 e. The summed E-state index contributed by atoms with van der Waals surface area (Å²) in [6.07, 6.45) is 0.169. The fourth-order valence-electron chi connectivity index (χ4n) is 2.49. The number of rotatable bonds is 7. The van der Waals surface area contributed by atoms with Crippen LogP contribution in [-0.2, 0) is 4.74 Å². The lowest BCUT2D eigenvalue weighted by Gasteiger charge is -2.31. The molecule has 2 unspecified atom stereocenters. The van der Waals surface area contributed by atoms with Crippen molar-refractivity contribution in [2.24, 2.45) is 5.92 Å². The van der Waals surface area contributed by atoms with E-state index in [9.17, 15) is 0 Å². The van der Waals surface area contributed by atoms with Gasteiger partial charge in [-0.25, -0.2) is 0 Å². The van der Waals surface area contributed by atoms with Gasteiger partial charge >= 0.3 is 0 Å². The molecule has 0 aliphatic heterocycles. The normalized spacial score (nSPS) is 14.5. The van der Waals surface area contributed by atoms with Crippen LogP contribution >= 0.6 is 0 Å². The highest BCUT2D eigenvalue weighted by molar-refractivity contribution is 5.37. The smallest absolute Gasteiger partial charge is 0.119 e. The van der Waals surface area contributed by atoms with Crippen LogP contribution in [0.5, 0.6) is 5.75 Å². The molecule has 0 saturated heterocycles. The molecule has 0 bridgehead atoms. The second-order valence-corrected chi connectivity index (χ2v) is 5.15. The van der Waals surface area contributed by atoms with E-state index in [4.69, 9.17) is 9.47 Å². The maximum atomic E-state index is 5.93. The average Bonchev–Trinajstić information content (AvgIpc) is 2.39. The van der Waals surface area contributed by atoms with Crippen molar-refractivity contribution in [2.75, 3.05) is 20.8 Å². The van der Waals surface area contributed by atoms with Crippen molar-refractivity contribution in [3.05, 3.63) is 29.3 Å². The summed E-state index contributed by atoms with van der Waals surface area (Å²) in [7, 11) is 3.68. The molecule has 0 heterocycles. The Balaban J connectivity index is 3.07. The molecule has 3 nitrogen and oxygen atoms in total. The van der Waals surface area contributed by atoms with Gasteiger partial charge in [0.05, 0.1) is 19.3 Å². The van der Waals surface area contributed by atoms with Gasteiger partial charge < -0.3 is 14.8 Å². The summed E-state index contributed by atoms with van der Waals surface area (Å²) in [5.41, 5.74) is 2.50. The number of ether oxygens (including phenoxy) is 2. The maximum Gasteiger partial charge on any atom is 0.119 e. The van der Waals surface area contributed by atoms with Crippen LogP contribution < -0.4 is 10.1 Å².